The van der Waals surface area contributed by atoms with Crippen molar-refractivity contribution in [3.8, 4) is 17.2 Å². The number of anilines is 1. The van der Waals surface area contributed by atoms with Crippen molar-refractivity contribution >= 4 is 21.6 Å². The van der Waals surface area contributed by atoms with E-state index in [2.05, 4.69) is 0 Å². The molecule has 0 heterocycles. The van der Waals surface area contributed by atoms with Gasteiger partial charge in [0.1, 0.15) is 23.3 Å². The number of benzene rings is 2. The molecule has 2 aromatic rings. The minimum absolute atomic E-state index is 0.234. The summed E-state index contributed by atoms with van der Waals surface area (Å²) in [7, 11) is 2.33. The molecule has 2 rings (SSSR count). The van der Waals surface area contributed by atoms with Gasteiger partial charge in [-0.1, -0.05) is 12.1 Å². The van der Waals surface area contributed by atoms with E-state index in [0.717, 1.165) is 21.9 Å². The van der Waals surface area contributed by atoms with E-state index in [1.54, 1.807) is 45.3 Å². The van der Waals surface area contributed by atoms with Crippen molar-refractivity contribution in [1.29, 1.82) is 0 Å². The Labute approximate surface area is 178 Å². The first kappa shape index (κ1) is 23.3. The van der Waals surface area contributed by atoms with Crippen LogP contribution in [-0.2, 0) is 21.4 Å². The summed E-state index contributed by atoms with van der Waals surface area (Å²) in [5, 5.41) is 0. The number of carbonyl (C=O) groups excluding carboxylic acids is 1. The minimum Gasteiger partial charge on any atom is -0.497 e. The van der Waals surface area contributed by atoms with E-state index in [9.17, 15) is 13.2 Å². The molecule has 2 aromatic carbocycles. The molecular formula is C21H28N2O6S. The maximum absolute atomic E-state index is 13.1. The van der Waals surface area contributed by atoms with Gasteiger partial charge < -0.3 is 19.1 Å². The van der Waals surface area contributed by atoms with Crippen molar-refractivity contribution in [1.82, 2.24) is 4.90 Å². The molecule has 0 N–H and O–H groups in total. The van der Waals surface area contributed by atoms with Crippen LogP contribution in [0.25, 0.3) is 0 Å². The lowest BCUT2D eigenvalue weighted by Gasteiger charge is -2.32. The lowest BCUT2D eigenvalue weighted by molar-refractivity contribution is -0.131. The van der Waals surface area contributed by atoms with Crippen LogP contribution in [0.4, 0.5) is 5.69 Å². The molecule has 0 saturated carbocycles. The van der Waals surface area contributed by atoms with Gasteiger partial charge in [-0.15, -0.1) is 0 Å². The summed E-state index contributed by atoms with van der Waals surface area (Å²) in [6, 6.07) is 11.1. The number of hydrogen-bond acceptors (Lipinski definition) is 6. The Morgan fingerprint density at radius 3 is 2.03 bits per heavy atom. The summed E-state index contributed by atoms with van der Waals surface area (Å²) in [5.74, 6) is 1.12. The molecular weight excluding hydrogens is 408 g/mol. The fourth-order valence-electron chi connectivity index (χ4n) is 3.15. The minimum atomic E-state index is -3.80. The molecule has 0 bridgehead atoms. The molecule has 1 amide bonds. The lowest BCUT2D eigenvalue weighted by Crippen LogP contribution is -2.48. The number of carbonyl (C=O) groups is 1. The summed E-state index contributed by atoms with van der Waals surface area (Å²) in [6.07, 6.45) is 1.05. The summed E-state index contributed by atoms with van der Waals surface area (Å²) in [6.45, 7) is 1.87. The van der Waals surface area contributed by atoms with Gasteiger partial charge in [0.15, 0.2) is 0 Å². The molecule has 30 heavy (non-hydrogen) atoms. The van der Waals surface area contributed by atoms with Crippen molar-refractivity contribution < 1.29 is 27.4 Å². The van der Waals surface area contributed by atoms with Crippen LogP contribution < -0.4 is 18.5 Å². The SMILES string of the molecule is COc1ccc(CN(C)C(=O)[C@H](C)N(c2cc(OC)ccc2OC)S(C)(=O)=O)cc1. The van der Waals surface area contributed by atoms with E-state index in [-0.39, 0.29) is 11.6 Å². The Morgan fingerprint density at radius 1 is 0.967 bits per heavy atom. The van der Waals surface area contributed by atoms with Crippen LogP contribution in [0.2, 0.25) is 0 Å². The number of rotatable bonds is 9. The largest absolute Gasteiger partial charge is 0.497 e. The normalized spacial score (nSPS) is 12.1. The Kier molecular flexibility index (Phi) is 7.55. The Hall–Kier alpha value is -2.94. The molecule has 0 unspecified atom stereocenters. The number of amides is 1. The van der Waals surface area contributed by atoms with Gasteiger partial charge in [0, 0.05) is 19.7 Å². The first-order chi connectivity index (χ1) is 14.1. The molecule has 0 radical (unpaired) electrons. The smallest absolute Gasteiger partial charge is 0.246 e. The van der Waals surface area contributed by atoms with Crippen molar-refractivity contribution in [3.05, 3.63) is 48.0 Å². The lowest BCUT2D eigenvalue weighted by atomic mass is 10.2. The van der Waals surface area contributed by atoms with Gasteiger partial charge in [-0.3, -0.25) is 9.10 Å². The fourth-order valence-corrected chi connectivity index (χ4v) is 4.31. The molecule has 0 aliphatic heterocycles. The highest BCUT2D eigenvalue weighted by atomic mass is 32.2. The highest BCUT2D eigenvalue weighted by molar-refractivity contribution is 7.92. The molecule has 0 aliphatic carbocycles. The highest BCUT2D eigenvalue weighted by Crippen LogP contribution is 2.35. The van der Waals surface area contributed by atoms with Crippen LogP contribution in [0.5, 0.6) is 17.2 Å². The first-order valence-electron chi connectivity index (χ1n) is 9.21. The number of ether oxygens (including phenoxy) is 3. The van der Waals surface area contributed by atoms with Crippen molar-refractivity contribution in [2.75, 3.05) is 38.9 Å². The zero-order valence-electron chi connectivity index (χ0n) is 18.1. The zero-order valence-corrected chi connectivity index (χ0v) is 18.9. The molecule has 1 atom stereocenters. The van der Waals surface area contributed by atoms with Gasteiger partial charge in [-0.2, -0.15) is 0 Å². The summed E-state index contributed by atoms with van der Waals surface area (Å²) in [4.78, 5) is 14.6. The molecule has 0 saturated heterocycles. The number of hydrogen-bond donors (Lipinski definition) is 0. The van der Waals surface area contributed by atoms with Crippen LogP contribution in [0, 0.1) is 0 Å². The van der Waals surface area contributed by atoms with Crippen LogP contribution in [0.3, 0.4) is 0 Å². The third-order valence-electron chi connectivity index (χ3n) is 4.64. The first-order valence-corrected chi connectivity index (χ1v) is 11.1. The van der Waals surface area contributed by atoms with Crippen LogP contribution in [-0.4, -0.2) is 59.9 Å². The van der Waals surface area contributed by atoms with Gasteiger partial charge in [0.25, 0.3) is 0 Å². The Morgan fingerprint density at radius 2 is 1.53 bits per heavy atom. The molecule has 9 heteroatoms. The van der Waals surface area contributed by atoms with Gasteiger partial charge >= 0.3 is 0 Å². The second kappa shape index (κ2) is 9.71. The van der Waals surface area contributed by atoms with Crippen molar-refractivity contribution in [2.24, 2.45) is 0 Å². The van der Waals surface area contributed by atoms with Crippen LogP contribution >= 0.6 is 0 Å². The van der Waals surface area contributed by atoms with E-state index < -0.39 is 16.1 Å². The van der Waals surface area contributed by atoms with E-state index in [1.165, 1.54) is 25.2 Å². The topological polar surface area (TPSA) is 85.4 Å². The second-order valence-electron chi connectivity index (χ2n) is 6.81. The van der Waals surface area contributed by atoms with Crippen LogP contribution in [0.1, 0.15) is 12.5 Å². The molecule has 8 nitrogen and oxygen atoms in total. The van der Waals surface area contributed by atoms with Crippen molar-refractivity contribution in [3.63, 3.8) is 0 Å². The standard InChI is InChI=1S/C21H28N2O6S/c1-15(21(24)22(2)14-16-7-9-17(27-3)10-8-16)23(30(6,25)26)19-13-18(28-4)11-12-20(19)29-5/h7-13,15H,14H2,1-6H3/t15-/m0/s1. The van der Waals surface area contributed by atoms with Crippen molar-refractivity contribution in [2.45, 2.75) is 19.5 Å². The third-order valence-corrected chi connectivity index (χ3v) is 5.87. The molecule has 0 aliphatic rings. The van der Waals surface area contributed by atoms with E-state index >= 15 is 0 Å². The van der Waals surface area contributed by atoms with Gasteiger partial charge in [-0.05, 0) is 36.8 Å². The Bertz CT molecular complexity index is 975. The average Bonchev–Trinajstić information content (AvgIpc) is 2.72. The predicted octanol–water partition coefficient (Wildman–Crippen LogP) is 2.53. The van der Waals surface area contributed by atoms with Gasteiger partial charge in [-0.25, -0.2) is 8.42 Å². The number of likely N-dealkylation sites (N-methyl/N-ethyl adjacent to an activating group) is 1. The fraction of sp³-hybridized carbons (Fsp3) is 0.381. The molecule has 0 aromatic heterocycles. The molecule has 164 valence electrons. The number of methoxy groups -OCH3 is 3. The quantitative estimate of drug-likeness (QED) is 0.601. The van der Waals surface area contributed by atoms with E-state index in [0.29, 0.717) is 18.0 Å². The van der Waals surface area contributed by atoms with E-state index in [1.807, 2.05) is 12.1 Å². The number of sulfonamides is 1. The van der Waals surface area contributed by atoms with Crippen LogP contribution in [0.15, 0.2) is 42.5 Å². The van der Waals surface area contributed by atoms with Gasteiger partial charge in [0.05, 0.1) is 33.3 Å². The third kappa shape index (κ3) is 5.35. The average molecular weight is 437 g/mol. The second-order valence-corrected chi connectivity index (χ2v) is 8.67. The summed E-state index contributed by atoms with van der Waals surface area (Å²) >= 11 is 0. The summed E-state index contributed by atoms with van der Waals surface area (Å²) in [5.41, 5.74) is 1.13. The summed E-state index contributed by atoms with van der Waals surface area (Å²) < 4.78 is 42.0. The highest BCUT2D eigenvalue weighted by Gasteiger charge is 2.33. The maximum Gasteiger partial charge on any atom is 0.246 e. The van der Waals surface area contributed by atoms with E-state index in [4.69, 9.17) is 14.2 Å². The number of nitrogens with zero attached hydrogens (tertiary/aromatic N) is 2. The molecule has 0 fully saturated rings. The zero-order chi connectivity index (χ0) is 22.5. The predicted molar refractivity (Wildman–Crippen MR) is 116 cm³/mol. The Balaban J connectivity index is 2.34. The molecule has 0 spiro atoms. The van der Waals surface area contributed by atoms with Gasteiger partial charge in [0.2, 0.25) is 15.9 Å². The maximum atomic E-state index is 13.1. The monoisotopic (exact) mass is 436 g/mol.